The summed E-state index contributed by atoms with van der Waals surface area (Å²) in [5.74, 6) is 2.89. The maximum Gasteiger partial charge on any atom is 0.245 e. The van der Waals surface area contributed by atoms with Gasteiger partial charge >= 0.3 is 0 Å². The monoisotopic (exact) mass is 281 g/mol. The zero-order valence-corrected chi connectivity index (χ0v) is 11.9. The summed E-state index contributed by atoms with van der Waals surface area (Å²) in [6.07, 6.45) is 9.04. The zero-order chi connectivity index (χ0) is 14.0. The molecule has 1 saturated carbocycles. The van der Waals surface area contributed by atoms with Gasteiger partial charge in [-0.25, -0.2) is 8.42 Å². The number of terminal acetylenes is 1. The first kappa shape index (κ1) is 14.1. The summed E-state index contributed by atoms with van der Waals surface area (Å²) in [5.41, 5.74) is 6.35. The van der Waals surface area contributed by atoms with Crippen LogP contribution < -0.4 is 5.73 Å². The van der Waals surface area contributed by atoms with Crippen molar-refractivity contribution in [3.05, 3.63) is 18.0 Å². The summed E-state index contributed by atoms with van der Waals surface area (Å²) in [6.45, 7) is 0.939. The molecule has 0 unspecified atom stereocenters. The second-order valence-electron chi connectivity index (χ2n) is 4.93. The van der Waals surface area contributed by atoms with Crippen LogP contribution in [0.4, 0.5) is 0 Å². The fourth-order valence-corrected chi connectivity index (χ4v) is 3.53. The molecule has 1 aliphatic rings. The fourth-order valence-electron chi connectivity index (χ4n) is 2.01. The Balaban J connectivity index is 2.29. The highest BCUT2D eigenvalue weighted by atomic mass is 32.2. The van der Waals surface area contributed by atoms with Crippen LogP contribution in [0.25, 0.3) is 0 Å². The minimum absolute atomic E-state index is 0.117. The average Bonchev–Trinajstić information content (AvgIpc) is 3.09. The Morgan fingerprint density at radius 3 is 2.74 bits per heavy atom. The molecule has 0 saturated heterocycles. The molecular weight excluding hydrogens is 262 g/mol. The number of hydrogen-bond donors (Lipinski definition) is 1. The molecule has 0 aliphatic heterocycles. The summed E-state index contributed by atoms with van der Waals surface area (Å²) in [5, 5.41) is 0. The van der Waals surface area contributed by atoms with Crippen molar-refractivity contribution >= 4 is 10.0 Å². The van der Waals surface area contributed by atoms with Gasteiger partial charge in [0.1, 0.15) is 4.90 Å². The van der Waals surface area contributed by atoms with Crippen LogP contribution in [0.1, 0.15) is 18.5 Å². The van der Waals surface area contributed by atoms with Gasteiger partial charge in [-0.15, -0.1) is 6.42 Å². The first-order valence-corrected chi connectivity index (χ1v) is 7.72. The molecule has 0 spiro atoms. The number of aromatic nitrogens is 1. The molecular formula is C13H19N3O2S. The summed E-state index contributed by atoms with van der Waals surface area (Å²) < 4.78 is 28.2. The maximum absolute atomic E-state index is 12.5. The maximum atomic E-state index is 12.5. The molecule has 1 heterocycles. The second-order valence-corrected chi connectivity index (χ2v) is 6.87. The molecule has 19 heavy (non-hydrogen) atoms. The van der Waals surface area contributed by atoms with Crippen LogP contribution in [-0.4, -0.2) is 30.4 Å². The summed E-state index contributed by atoms with van der Waals surface area (Å²) in [6, 6.07) is 1.62. The first-order valence-electron chi connectivity index (χ1n) is 6.28. The quantitative estimate of drug-likeness (QED) is 0.773. The molecule has 6 heteroatoms. The third kappa shape index (κ3) is 3.00. The summed E-state index contributed by atoms with van der Waals surface area (Å²) in [7, 11) is -1.73. The molecule has 0 bridgehead atoms. The van der Waals surface area contributed by atoms with Crippen LogP contribution >= 0.6 is 0 Å². The van der Waals surface area contributed by atoms with Crippen molar-refractivity contribution in [2.45, 2.75) is 24.3 Å². The molecule has 1 aliphatic carbocycles. The lowest BCUT2D eigenvalue weighted by Gasteiger charge is -2.18. The highest BCUT2D eigenvalue weighted by Gasteiger charge is 2.31. The Labute approximate surface area is 114 Å². The number of nitrogens with two attached hydrogens (primary N) is 1. The van der Waals surface area contributed by atoms with Crippen LogP contribution in [0.5, 0.6) is 0 Å². The van der Waals surface area contributed by atoms with Crippen molar-refractivity contribution in [1.29, 1.82) is 0 Å². The van der Waals surface area contributed by atoms with Crippen LogP contribution in [0, 0.1) is 18.3 Å². The van der Waals surface area contributed by atoms with Gasteiger partial charge in [0.15, 0.2) is 0 Å². The van der Waals surface area contributed by atoms with E-state index in [4.69, 9.17) is 12.2 Å². The average molecular weight is 281 g/mol. The van der Waals surface area contributed by atoms with E-state index in [-0.39, 0.29) is 11.4 Å². The topological polar surface area (TPSA) is 68.3 Å². The first-order chi connectivity index (χ1) is 8.98. The Morgan fingerprint density at radius 1 is 1.58 bits per heavy atom. The van der Waals surface area contributed by atoms with Gasteiger partial charge < -0.3 is 10.3 Å². The SMILES string of the molecule is C#CCN(CC1CC1)S(=O)(=O)c1cc(CN)n(C)c1. The van der Waals surface area contributed by atoms with Crippen molar-refractivity contribution < 1.29 is 8.42 Å². The molecule has 0 aromatic carbocycles. The van der Waals surface area contributed by atoms with Crippen LogP contribution in [-0.2, 0) is 23.6 Å². The summed E-state index contributed by atoms with van der Waals surface area (Å²) >= 11 is 0. The lowest BCUT2D eigenvalue weighted by molar-refractivity contribution is 0.430. The van der Waals surface area contributed by atoms with Gasteiger partial charge in [0.2, 0.25) is 10.0 Å². The predicted octanol–water partition coefficient (Wildman–Crippen LogP) is 0.518. The molecule has 5 nitrogen and oxygen atoms in total. The third-order valence-corrected chi connectivity index (χ3v) is 5.13. The zero-order valence-electron chi connectivity index (χ0n) is 11.0. The van der Waals surface area contributed by atoms with Crippen LogP contribution in [0.3, 0.4) is 0 Å². The standard InChI is InChI=1S/C13H19N3O2S/c1-3-6-16(9-11-4-5-11)19(17,18)13-7-12(8-14)15(2)10-13/h1,7,10-11H,4-6,8-9,14H2,2H3. The van der Waals surface area contributed by atoms with E-state index in [9.17, 15) is 8.42 Å². The predicted molar refractivity (Wildman–Crippen MR) is 73.6 cm³/mol. The van der Waals surface area contributed by atoms with E-state index in [1.54, 1.807) is 23.9 Å². The smallest absolute Gasteiger partial charge is 0.245 e. The minimum atomic E-state index is -3.52. The number of hydrogen-bond acceptors (Lipinski definition) is 3. The van der Waals surface area contributed by atoms with Gasteiger partial charge in [0, 0.05) is 32.0 Å². The second kappa shape index (κ2) is 5.37. The van der Waals surface area contributed by atoms with E-state index >= 15 is 0 Å². The van der Waals surface area contributed by atoms with Crippen molar-refractivity contribution in [1.82, 2.24) is 8.87 Å². The van der Waals surface area contributed by atoms with Crippen molar-refractivity contribution in [2.75, 3.05) is 13.1 Å². The molecule has 2 rings (SSSR count). The van der Waals surface area contributed by atoms with E-state index in [0.29, 0.717) is 19.0 Å². The van der Waals surface area contributed by atoms with E-state index < -0.39 is 10.0 Å². The Bertz CT molecular complexity index is 594. The molecule has 1 fully saturated rings. The van der Waals surface area contributed by atoms with Crippen molar-refractivity contribution in [3.63, 3.8) is 0 Å². The van der Waals surface area contributed by atoms with Crippen LogP contribution in [0.2, 0.25) is 0 Å². The highest BCUT2D eigenvalue weighted by Crippen LogP contribution is 2.31. The fraction of sp³-hybridized carbons (Fsp3) is 0.538. The van der Waals surface area contributed by atoms with E-state index in [1.165, 1.54) is 4.31 Å². The van der Waals surface area contributed by atoms with E-state index in [2.05, 4.69) is 5.92 Å². The molecule has 2 N–H and O–H groups in total. The van der Waals surface area contributed by atoms with Gasteiger partial charge in [-0.1, -0.05) is 5.92 Å². The number of nitrogens with zero attached hydrogens (tertiary/aromatic N) is 2. The highest BCUT2D eigenvalue weighted by molar-refractivity contribution is 7.89. The largest absolute Gasteiger partial charge is 0.352 e. The molecule has 0 atom stereocenters. The molecule has 104 valence electrons. The summed E-state index contributed by atoms with van der Waals surface area (Å²) in [4.78, 5) is 0.270. The Kier molecular flexibility index (Phi) is 3.99. The van der Waals surface area contributed by atoms with Gasteiger partial charge in [0.25, 0.3) is 0 Å². The van der Waals surface area contributed by atoms with Crippen molar-refractivity contribution in [2.24, 2.45) is 18.7 Å². The van der Waals surface area contributed by atoms with Crippen molar-refractivity contribution in [3.8, 4) is 12.3 Å². The third-order valence-electron chi connectivity index (χ3n) is 3.36. The Hall–Kier alpha value is -1.29. The lowest BCUT2D eigenvalue weighted by Crippen LogP contribution is -2.33. The van der Waals surface area contributed by atoms with E-state index in [0.717, 1.165) is 18.5 Å². The minimum Gasteiger partial charge on any atom is -0.352 e. The number of rotatable bonds is 6. The van der Waals surface area contributed by atoms with E-state index in [1.807, 2.05) is 0 Å². The Morgan fingerprint density at radius 2 is 2.26 bits per heavy atom. The van der Waals surface area contributed by atoms with Gasteiger partial charge in [-0.3, -0.25) is 0 Å². The van der Waals surface area contributed by atoms with Gasteiger partial charge in [0.05, 0.1) is 6.54 Å². The van der Waals surface area contributed by atoms with Gasteiger partial charge in [-0.2, -0.15) is 4.31 Å². The molecule has 0 amide bonds. The molecule has 1 aromatic heterocycles. The lowest BCUT2D eigenvalue weighted by atomic mass is 10.4. The van der Waals surface area contributed by atoms with Gasteiger partial charge in [-0.05, 0) is 24.8 Å². The number of aryl methyl sites for hydroxylation is 1. The molecule has 0 radical (unpaired) electrons. The molecule has 1 aromatic rings. The van der Waals surface area contributed by atoms with Crippen LogP contribution in [0.15, 0.2) is 17.2 Å². The normalized spacial score (nSPS) is 15.7. The number of sulfonamides is 1.